The van der Waals surface area contributed by atoms with Crippen LogP contribution in [0.1, 0.15) is 31.1 Å². The molecule has 90 valence electrons. The highest BCUT2D eigenvalue weighted by atomic mass is 15.3. The first kappa shape index (κ1) is 11.9. The first-order valence-corrected chi connectivity index (χ1v) is 5.97. The summed E-state index contributed by atoms with van der Waals surface area (Å²) in [7, 11) is 0. The molecule has 0 aliphatic rings. The maximum absolute atomic E-state index is 5.78. The molecule has 0 radical (unpaired) electrons. The molecule has 17 heavy (non-hydrogen) atoms. The van der Waals surface area contributed by atoms with Crippen molar-refractivity contribution in [2.45, 2.75) is 33.4 Å². The van der Waals surface area contributed by atoms with Gasteiger partial charge in [-0.2, -0.15) is 5.10 Å². The molecule has 0 bridgehead atoms. The molecule has 0 saturated carbocycles. The molecule has 2 N–H and O–H groups in total. The average Bonchev–Trinajstić information content (AvgIpc) is 2.71. The molecule has 1 aromatic carbocycles. The Labute approximate surface area is 102 Å². The monoisotopic (exact) mass is 229 g/mol. The van der Waals surface area contributed by atoms with Crippen molar-refractivity contribution in [2.75, 3.05) is 0 Å². The molecule has 0 unspecified atom stereocenters. The van der Waals surface area contributed by atoms with Gasteiger partial charge >= 0.3 is 0 Å². The average molecular weight is 229 g/mol. The Morgan fingerprint density at radius 3 is 2.53 bits per heavy atom. The first-order chi connectivity index (χ1) is 8.15. The molecule has 0 saturated heterocycles. The van der Waals surface area contributed by atoms with Gasteiger partial charge in [-0.15, -0.1) is 0 Å². The Hall–Kier alpha value is -1.61. The Morgan fingerprint density at radius 1 is 1.24 bits per heavy atom. The van der Waals surface area contributed by atoms with Gasteiger partial charge in [0.25, 0.3) is 0 Å². The lowest BCUT2D eigenvalue weighted by Crippen LogP contribution is -2.05. The van der Waals surface area contributed by atoms with Crippen molar-refractivity contribution in [3.05, 3.63) is 41.7 Å². The van der Waals surface area contributed by atoms with Gasteiger partial charge in [-0.3, -0.25) is 4.68 Å². The third kappa shape index (κ3) is 2.11. The van der Waals surface area contributed by atoms with E-state index in [-0.39, 0.29) is 0 Å². The highest BCUT2D eigenvalue weighted by Gasteiger charge is 2.12. The fraction of sp³-hybridized carbons (Fsp3) is 0.357. The fourth-order valence-electron chi connectivity index (χ4n) is 2.17. The summed E-state index contributed by atoms with van der Waals surface area (Å²) < 4.78 is 2.04. The molecule has 0 aliphatic carbocycles. The molecule has 0 spiro atoms. The maximum atomic E-state index is 5.78. The minimum absolute atomic E-state index is 0.383. The van der Waals surface area contributed by atoms with Gasteiger partial charge in [0, 0.05) is 23.8 Å². The Kier molecular flexibility index (Phi) is 3.29. The topological polar surface area (TPSA) is 43.8 Å². The number of aromatic nitrogens is 2. The van der Waals surface area contributed by atoms with E-state index in [0.29, 0.717) is 12.6 Å². The van der Waals surface area contributed by atoms with E-state index in [1.54, 1.807) is 0 Å². The van der Waals surface area contributed by atoms with E-state index in [9.17, 15) is 0 Å². The van der Waals surface area contributed by atoms with Gasteiger partial charge < -0.3 is 5.73 Å². The van der Waals surface area contributed by atoms with Gasteiger partial charge in [0.2, 0.25) is 0 Å². The van der Waals surface area contributed by atoms with Crippen LogP contribution in [0.5, 0.6) is 0 Å². The highest BCUT2D eigenvalue weighted by Crippen LogP contribution is 2.27. The lowest BCUT2D eigenvalue weighted by molar-refractivity contribution is 0.519. The zero-order valence-corrected chi connectivity index (χ0v) is 10.6. The molecule has 0 aliphatic heterocycles. The van der Waals surface area contributed by atoms with Crippen LogP contribution in [0.25, 0.3) is 11.1 Å². The Morgan fingerprint density at radius 2 is 1.94 bits per heavy atom. The third-order valence-electron chi connectivity index (χ3n) is 3.06. The number of nitrogens with zero attached hydrogens (tertiary/aromatic N) is 2. The van der Waals surface area contributed by atoms with E-state index in [1.807, 2.05) is 23.0 Å². The van der Waals surface area contributed by atoms with Crippen LogP contribution in [0.15, 0.2) is 30.5 Å². The van der Waals surface area contributed by atoms with Gasteiger partial charge in [0.05, 0.1) is 6.20 Å². The fourth-order valence-corrected chi connectivity index (χ4v) is 2.17. The Bertz CT molecular complexity index is 512. The molecular formula is C14H19N3. The van der Waals surface area contributed by atoms with E-state index in [0.717, 1.165) is 0 Å². The van der Waals surface area contributed by atoms with Crippen LogP contribution >= 0.6 is 0 Å². The molecule has 0 amide bonds. The van der Waals surface area contributed by atoms with Gasteiger partial charge in [0.15, 0.2) is 0 Å². The van der Waals surface area contributed by atoms with Crippen molar-refractivity contribution in [3.8, 4) is 11.1 Å². The van der Waals surface area contributed by atoms with Gasteiger partial charge in [-0.05, 0) is 31.9 Å². The molecule has 0 atom stereocenters. The second-order valence-corrected chi connectivity index (χ2v) is 4.54. The molecule has 3 heteroatoms. The summed E-state index contributed by atoms with van der Waals surface area (Å²) in [5.41, 5.74) is 10.5. The SMILES string of the molecule is Cc1c(-c2ccccc2CN)cnn1C(C)C. The number of hydrogen-bond donors (Lipinski definition) is 1. The second kappa shape index (κ2) is 4.72. The molecular weight excluding hydrogens is 210 g/mol. The minimum Gasteiger partial charge on any atom is -0.326 e. The summed E-state index contributed by atoms with van der Waals surface area (Å²) in [4.78, 5) is 0. The van der Waals surface area contributed by atoms with Gasteiger partial charge in [-0.1, -0.05) is 24.3 Å². The third-order valence-corrected chi connectivity index (χ3v) is 3.06. The van der Waals surface area contributed by atoms with Crippen LogP contribution in [0.2, 0.25) is 0 Å². The summed E-state index contributed by atoms with van der Waals surface area (Å²) in [6.45, 7) is 6.94. The minimum atomic E-state index is 0.383. The zero-order valence-electron chi connectivity index (χ0n) is 10.6. The maximum Gasteiger partial charge on any atom is 0.0571 e. The smallest absolute Gasteiger partial charge is 0.0571 e. The van der Waals surface area contributed by atoms with Crippen molar-refractivity contribution < 1.29 is 0 Å². The van der Waals surface area contributed by atoms with E-state index < -0.39 is 0 Å². The summed E-state index contributed by atoms with van der Waals surface area (Å²) in [5, 5.41) is 4.44. The standard InChI is InChI=1S/C14H19N3/c1-10(2)17-11(3)14(9-16-17)13-7-5-4-6-12(13)8-15/h4-7,9-10H,8,15H2,1-3H3. The quantitative estimate of drug-likeness (QED) is 0.879. The number of benzene rings is 1. The summed E-state index contributed by atoms with van der Waals surface area (Å²) >= 11 is 0. The zero-order chi connectivity index (χ0) is 12.4. The van der Waals surface area contributed by atoms with Crippen LogP contribution in [-0.2, 0) is 6.54 Å². The molecule has 1 heterocycles. The normalized spacial score (nSPS) is 11.1. The number of rotatable bonds is 3. The van der Waals surface area contributed by atoms with Crippen molar-refractivity contribution in [1.29, 1.82) is 0 Å². The lowest BCUT2D eigenvalue weighted by atomic mass is 10.0. The van der Waals surface area contributed by atoms with Crippen molar-refractivity contribution in [1.82, 2.24) is 9.78 Å². The van der Waals surface area contributed by atoms with Crippen LogP contribution < -0.4 is 5.73 Å². The van der Waals surface area contributed by atoms with E-state index in [1.165, 1.54) is 22.4 Å². The predicted molar refractivity (Wildman–Crippen MR) is 70.7 cm³/mol. The Balaban J connectivity index is 2.53. The summed E-state index contributed by atoms with van der Waals surface area (Å²) in [6, 6.07) is 8.63. The van der Waals surface area contributed by atoms with Crippen molar-refractivity contribution in [3.63, 3.8) is 0 Å². The van der Waals surface area contributed by atoms with Crippen LogP contribution in [0, 0.1) is 6.92 Å². The first-order valence-electron chi connectivity index (χ1n) is 5.97. The molecule has 2 rings (SSSR count). The van der Waals surface area contributed by atoms with Gasteiger partial charge in [0.1, 0.15) is 0 Å². The number of hydrogen-bond acceptors (Lipinski definition) is 2. The van der Waals surface area contributed by atoms with E-state index >= 15 is 0 Å². The van der Waals surface area contributed by atoms with Crippen LogP contribution in [-0.4, -0.2) is 9.78 Å². The van der Waals surface area contributed by atoms with Crippen molar-refractivity contribution in [2.24, 2.45) is 5.73 Å². The van der Waals surface area contributed by atoms with Gasteiger partial charge in [-0.25, -0.2) is 0 Å². The van der Waals surface area contributed by atoms with E-state index in [2.05, 4.69) is 38.0 Å². The molecule has 1 aromatic heterocycles. The molecule has 2 aromatic rings. The summed E-state index contributed by atoms with van der Waals surface area (Å²) in [6.07, 6.45) is 1.93. The second-order valence-electron chi connectivity index (χ2n) is 4.54. The highest BCUT2D eigenvalue weighted by molar-refractivity contribution is 5.68. The van der Waals surface area contributed by atoms with Crippen LogP contribution in [0.4, 0.5) is 0 Å². The molecule has 0 fully saturated rings. The van der Waals surface area contributed by atoms with Crippen LogP contribution in [0.3, 0.4) is 0 Å². The predicted octanol–water partition coefficient (Wildman–Crippen LogP) is 2.90. The number of nitrogens with two attached hydrogens (primary N) is 1. The summed E-state index contributed by atoms with van der Waals surface area (Å²) in [5.74, 6) is 0. The van der Waals surface area contributed by atoms with Crippen molar-refractivity contribution >= 4 is 0 Å². The molecule has 3 nitrogen and oxygen atoms in total. The van der Waals surface area contributed by atoms with E-state index in [4.69, 9.17) is 5.73 Å². The lowest BCUT2D eigenvalue weighted by Gasteiger charge is -2.10. The largest absolute Gasteiger partial charge is 0.326 e.